The highest BCUT2D eigenvalue weighted by atomic mass is 32.2. The van der Waals surface area contributed by atoms with Gasteiger partial charge in [0.05, 0.1) is 24.8 Å². The average Bonchev–Trinajstić information content (AvgIpc) is 2.93. The molecule has 0 N–H and O–H groups in total. The number of aryl methyl sites for hydroxylation is 1. The lowest BCUT2D eigenvalue weighted by molar-refractivity contribution is -0.144. The predicted octanol–water partition coefficient (Wildman–Crippen LogP) is 2.31. The number of hydrogen-bond donors (Lipinski definition) is 0. The van der Waals surface area contributed by atoms with Crippen LogP contribution in [0.2, 0.25) is 0 Å². The molecular weight excluding hydrogens is 312 g/mol. The van der Waals surface area contributed by atoms with Crippen molar-refractivity contribution in [2.24, 2.45) is 0 Å². The lowest BCUT2D eigenvalue weighted by Gasteiger charge is -2.38. The molecule has 0 radical (unpaired) electrons. The summed E-state index contributed by atoms with van der Waals surface area (Å²) in [5.74, 6) is 4.16. The number of carbonyl (C=O) groups excluding carboxylic acids is 1. The molecule has 6 heteroatoms. The molecule has 0 unspecified atom stereocenters. The van der Waals surface area contributed by atoms with Gasteiger partial charge in [0.25, 0.3) is 0 Å². The summed E-state index contributed by atoms with van der Waals surface area (Å²) in [6.07, 6.45) is 0.228. The van der Waals surface area contributed by atoms with Crippen molar-refractivity contribution in [3.63, 3.8) is 0 Å². The van der Waals surface area contributed by atoms with Gasteiger partial charge >= 0.3 is 0 Å². The van der Waals surface area contributed by atoms with Crippen molar-refractivity contribution in [1.29, 1.82) is 0 Å². The number of amides is 1. The molecule has 0 spiro atoms. The normalized spacial score (nSPS) is 29.7. The second kappa shape index (κ2) is 7.28. The lowest BCUT2D eigenvalue weighted by Crippen LogP contribution is -2.52. The monoisotopic (exact) mass is 338 g/mol. The number of morpholine rings is 1. The van der Waals surface area contributed by atoms with Gasteiger partial charge in [0.15, 0.2) is 0 Å². The molecule has 1 aromatic heterocycles. The van der Waals surface area contributed by atoms with Crippen LogP contribution in [-0.4, -0.2) is 65.6 Å². The minimum absolute atomic E-state index is 0.114. The smallest absolute Gasteiger partial charge is 0.236 e. The Morgan fingerprint density at radius 2 is 2.04 bits per heavy atom. The lowest BCUT2D eigenvalue weighted by atomic mass is 10.2. The molecule has 0 saturated carbocycles. The Morgan fingerprint density at radius 1 is 1.30 bits per heavy atom. The fraction of sp³-hybridized carbons (Fsp3) is 0.706. The van der Waals surface area contributed by atoms with Crippen LogP contribution in [0, 0.1) is 6.92 Å². The van der Waals surface area contributed by atoms with Gasteiger partial charge < -0.3 is 14.1 Å². The topological polar surface area (TPSA) is 45.9 Å². The maximum atomic E-state index is 12.7. The van der Waals surface area contributed by atoms with Gasteiger partial charge in [-0.3, -0.25) is 9.69 Å². The summed E-state index contributed by atoms with van der Waals surface area (Å²) in [6.45, 7) is 8.79. The first-order valence-corrected chi connectivity index (χ1v) is 9.49. The minimum atomic E-state index is 0.114. The van der Waals surface area contributed by atoms with Crippen LogP contribution < -0.4 is 0 Å². The van der Waals surface area contributed by atoms with Gasteiger partial charge in [0.2, 0.25) is 5.91 Å². The van der Waals surface area contributed by atoms with Crippen LogP contribution in [0.5, 0.6) is 0 Å². The minimum Gasteiger partial charge on any atom is -0.465 e. The van der Waals surface area contributed by atoms with Gasteiger partial charge in [-0.2, -0.15) is 11.8 Å². The first kappa shape index (κ1) is 16.9. The molecule has 128 valence electrons. The molecule has 0 aliphatic carbocycles. The second-order valence-corrected chi connectivity index (χ2v) is 7.72. The molecule has 3 heterocycles. The van der Waals surface area contributed by atoms with E-state index in [4.69, 9.17) is 9.15 Å². The van der Waals surface area contributed by atoms with Crippen LogP contribution in [0.15, 0.2) is 16.5 Å². The fourth-order valence-corrected chi connectivity index (χ4v) is 4.51. The molecule has 2 aliphatic heterocycles. The van der Waals surface area contributed by atoms with E-state index in [1.165, 1.54) is 0 Å². The Labute approximate surface area is 142 Å². The number of hydrogen-bond acceptors (Lipinski definition) is 5. The van der Waals surface area contributed by atoms with E-state index in [9.17, 15) is 4.79 Å². The van der Waals surface area contributed by atoms with Crippen molar-refractivity contribution >= 4 is 17.7 Å². The number of carbonyl (C=O) groups is 1. The Balaban J connectivity index is 1.65. The van der Waals surface area contributed by atoms with Crippen LogP contribution in [0.4, 0.5) is 0 Å². The third-order valence-electron chi connectivity index (χ3n) is 4.44. The molecule has 2 aliphatic rings. The maximum absolute atomic E-state index is 12.7. The number of thioether (sulfide) groups is 1. The van der Waals surface area contributed by atoms with Crippen molar-refractivity contribution in [2.45, 2.75) is 39.0 Å². The second-order valence-electron chi connectivity index (χ2n) is 6.57. The Kier molecular flexibility index (Phi) is 5.34. The van der Waals surface area contributed by atoms with E-state index in [0.29, 0.717) is 19.6 Å². The predicted molar refractivity (Wildman–Crippen MR) is 91.7 cm³/mol. The SMILES string of the molecule is Cc1ccc([C@@H]2CSCCN2CC(=O)N2C[C@H](C)O[C@@H](C)C2)o1. The molecule has 2 saturated heterocycles. The highest BCUT2D eigenvalue weighted by molar-refractivity contribution is 7.99. The Morgan fingerprint density at radius 3 is 2.70 bits per heavy atom. The van der Waals surface area contributed by atoms with E-state index in [1.807, 2.05) is 49.6 Å². The van der Waals surface area contributed by atoms with Gasteiger partial charge in [-0.05, 0) is 32.9 Å². The molecular formula is C17H26N2O3S. The highest BCUT2D eigenvalue weighted by Gasteiger charge is 2.31. The van der Waals surface area contributed by atoms with Crippen molar-refractivity contribution in [3.05, 3.63) is 23.7 Å². The number of furan rings is 1. The Bertz CT molecular complexity index is 538. The summed E-state index contributed by atoms with van der Waals surface area (Å²) in [6, 6.07) is 4.24. The molecule has 23 heavy (non-hydrogen) atoms. The van der Waals surface area contributed by atoms with Crippen LogP contribution in [-0.2, 0) is 9.53 Å². The molecule has 1 amide bonds. The summed E-state index contributed by atoms with van der Waals surface area (Å²) in [7, 11) is 0. The largest absolute Gasteiger partial charge is 0.465 e. The summed E-state index contributed by atoms with van der Waals surface area (Å²) >= 11 is 1.93. The average molecular weight is 338 g/mol. The van der Waals surface area contributed by atoms with E-state index in [0.717, 1.165) is 29.6 Å². The first-order chi connectivity index (χ1) is 11.0. The van der Waals surface area contributed by atoms with Crippen LogP contribution in [0.25, 0.3) is 0 Å². The van der Waals surface area contributed by atoms with Crippen LogP contribution in [0.3, 0.4) is 0 Å². The van der Waals surface area contributed by atoms with Crippen LogP contribution in [0.1, 0.15) is 31.4 Å². The third kappa shape index (κ3) is 4.11. The molecule has 0 aromatic carbocycles. The van der Waals surface area contributed by atoms with E-state index in [2.05, 4.69) is 4.90 Å². The number of rotatable bonds is 3. The summed E-state index contributed by atoms with van der Waals surface area (Å²) in [5.41, 5.74) is 0. The number of ether oxygens (including phenoxy) is 1. The molecule has 5 nitrogen and oxygen atoms in total. The van der Waals surface area contributed by atoms with Gasteiger partial charge in [-0.1, -0.05) is 0 Å². The Hall–Kier alpha value is -0.980. The van der Waals surface area contributed by atoms with Crippen molar-refractivity contribution < 1.29 is 13.9 Å². The van der Waals surface area contributed by atoms with E-state index < -0.39 is 0 Å². The van der Waals surface area contributed by atoms with Gasteiger partial charge in [-0.25, -0.2) is 0 Å². The fourth-order valence-electron chi connectivity index (χ4n) is 3.38. The van der Waals surface area contributed by atoms with E-state index in [1.54, 1.807) is 0 Å². The molecule has 3 atom stereocenters. The summed E-state index contributed by atoms with van der Waals surface area (Å²) < 4.78 is 11.5. The third-order valence-corrected chi connectivity index (χ3v) is 5.46. The van der Waals surface area contributed by atoms with Crippen molar-refractivity contribution in [3.8, 4) is 0 Å². The zero-order valence-corrected chi connectivity index (χ0v) is 15.0. The van der Waals surface area contributed by atoms with Gasteiger partial charge in [0, 0.05) is 31.1 Å². The highest BCUT2D eigenvalue weighted by Crippen LogP contribution is 2.30. The van der Waals surface area contributed by atoms with Crippen molar-refractivity contribution in [1.82, 2.24) is 9.80 Å². The zero-order chi connectivity index (χ0) is 16.4. The van der Waals surface area contributed by atoms with E-state index >= 15 is 0 Å². The summed E-state index contributed by atoms with van der Waals surface area (Å²) in [5, 5.41) is 0. The quantitative estimate of drug-likeness (QED) is 0.846. The van der Waals surface area contributed by atoms with Crippen molar-refractivity contribution in [2.75, 3.05) is 37.7 Å². The van der Waals surface area contributed by atoms with Gasteiger partial charge in [0.1, 0.15) is 11.5 Å². The molecule has 1 aromatic rings. The first-order valence-electron chi connectivity index (χ1n) is 8.34. The van der Waals surface area contributed by atoms with E-state index in [-0.39, 0.29) is 24.2 Å². The van der Waals surface area contributed by atoms with Gasteiger partial charge in [-0.15, -0.1) is 0 Å². The zero-order valence-electron chi connectivity index (χ0n) is 14.2. The summed E-state index contributed by atoms with van der Waals surface area (Å²) in [4.78, 5) is 16.9. The number of nitrogens with zero attached hydrogens (tertiary/aromatic N) is 2. The molecule has 3 rings (SSSR count). The van der Waals surface area contributed by atoms with Crippen LogP contribution >= 0.6 is 11.8 Å². The molecule has 0 bridgehead atoms. The molecule has 2 fully saturated rings. The maximum Gasteiger partial charge on any atom is 0.236 e. The standard InChI is InChI=1S/C17H26N2O3S/c1-12-4-5-16(22-12)15-11-23-7-6-18(15)10-17(20)19-8-13(2)21-14(3)9-19/h4-5,13-15H,6-11H2,1-3H3/t13-,14-,15-/m0/s1.